The van der Waals surface area contributed by atoms with Crippen LogP contribution < -0.4 is 4.31 Å². The molecule has 0 aliphatic carbocycles. The number of anilines is 1. The van der Waals surface area contributed by atoms with Crippen LogP contribution in [0.15, 0.2) is 6.20 Å². The van der Waals surface area contributed by atoms with Crippen LogP contribution >= 0.6 is 11.3 Å². The zero-order valence-corrected chi connectivity index (χ0v) is 11.3. The number of aliphatic hydroxyl groups is 1. The molecule has 1 aliphatic rings. The molecule has 0 saturated carbocycles. The van der Waals surface area contributed by atoms with Gasteiger partial charge in [-0.1, -0.05) is 23.2 Å². The molecule has 6 nitrogen and oxygen atoms in total. The summed E-state index contributed by atoms with van der Waals surface area (Å²) in [6.07, 6.45) is 1.37. The highest BCUT2D eigenvalue weighted by Crippen LogP contribution is 2.40. The molecule has 1 saturated heterocycles. The largest absolute Gasteiger partial charge is 0.384 e. The van der Waals surface area contributed by atoms with Crippen LogP contribution in [0, 0.1) is 11.8 Å². The smallest absolute Gasteiger partial charge is 0.265 e. The summed E-state index contributed by atoms with van der Waals surface area (Å²) in [6, 6.07) is 0. The molecule has 1 N–H and O–H groups in total. The van der Waals surface area contributed by atoms with Crippen molar-refractivity contribution in [1.82, 2.24) is 4.98 Å². The second kappa shape index (κ2) is 4.05. The molecular weight excluding hydrogens is 276 g/mol. The van der Waals surface area contributed by atoms with E-state index in [0.717, 1.165) is 11.3 Å². The van der Waals surface area contributed by atoms with Gasteiger partial charge in [-0.05, 0) is 13.8 Å². The Morgan fingerprint density at radius 1 is 1.56 bits per heavy atom. The molecule has 2 heterocycles. The lowest BCUT2D eigenvalue weighted by Crippen LogP contribution is -2.67. The number of carbonyl (C=O) groups excluding carboxylic acids is 1. The van der Waals surface area contributed by atoms with Crippen LogP contribution in [0.4, 0.5) is 5.13 Å². The SMILES string of the molecule is CC1(C)C(=O)N(c2ncc(C#CCO)s2)S1(=O)=O. The van der Waals surface area contributed by atoms with Gasteiger partial charge in [0.15, 0.2) is 4.75 Å². The maximum absolute atomic E-state index is 11.9. The third-order valence-electron chi connectivity index (χ3n) is 2.54. The van der Waals surface area contributed by atoms with Crippen LogP contribution in [0.1, 0.15) is 18.7 Å². The summed E-state index contributed by atoms with van der Waals surface area (Å²) in [6.45, 7) is 2.43. The van der Waals surface area contributed by atoms with Crippen LogP contribution in [0.5, 0.6) is 0 Å². The molecule has 0 unspecified atom stereocenters. The summed E-state index contributed by atoms with van der Waals surface area (Å²) in [7, 11) is -3.68. The Kier molecular flexibility index (Phi) is 2.93. The van der Waals surface area contributed by atoms with Gasteiger partial charge >= 0.3 is 0 Å². The first-order valence-electron chi connectivity index (χ1n) is 4.97. The highest BCUT2D eigenvalue weighted by Gasteiger charge is 2.61. The molecule has 1 aliphatic heterocycles. The molecule has 8 heteroatoms. The Labute approximate surface area is 108 Å². The fourth-order valence-electron chi connectivity index (χ4n) is 1.39. The van der Waals surface area contributed by atoms with Gasteiger partial charge in [-0.2, -0.15) is 4.31 Å². The van der Waals surface area contributed by atoms with Crippen molar-refractivity contribution in [2.24, 2.45) is 0 Å². The molecule has 0 aromatic carbocycles. The standard InChI is InChI=1S/C10H10N2O4S2/c1-10(2)8(14)12(18(10,15)16)9-11-6-7(17-9)4-3-5-13/h6,13H,5H2,1-2H3. The Morgan fingerprint density at radius 3 is 2.78 bits per heavy atom. The molecule has 96 valence electrons. The van der Waals surface area contributed by atoms with E-state index < -0.39 is 20.7 Å². The van der Waals surface area contributed by atoms with Crippen molar-refractivity contribution in [2.75, 3.05) is 10.9 Å². The third kappa shape index (κ3) is 1.63. The fraction of sp³-hybridized carbons (Fsp3) is 0.400. The lowest BCUT2D eigenvalue weighted by molar-refractivity contribution is -0.120. The number of rotatable bonds is 1. The fourth-order valence-corrected chi connectivity index (χ4v) is 3.82. The minimum atomic E-state index is -3.68. The first-order valence-corrected chi connectivity index (χ1v) is 7.23. The van der Waals surface area contributed by atoms with Crippen molar-refractivity contribution in [3.05, 3.63) is 11.1 Å². The van der Waals surface area contributed by atoms with E-state index in [2.05, 4.69) is 16.8 Å². The normalized spacial score (nSPS) is 19.9. The summed E-state index contributed by atoms with van der Waals surface area (Å²) in [4.78, 5) is 16.1. The van der Waals surface area contributed by atoms with Gasteiger partial charge in [0.2, 0.25) is 5.13 Å². The van der Waals surface area contributed by atoms with Gasteiger partial charge in [0.1, 0.15) is 6.61 Å². The van der Waals surface area contributed by atoms with E-state index in [1.807, 2.05) is 0 Å². The molecule has 1 amide bonds. The van der Waals surface area contributed by atoms with Crippen LogP contribution in [-0.4, -0.2) is 35.8 Å². The number of amides is 1. The minimum absolute atomic E-state index is 0.0848. The van der Waals surface area contributed by atoms with Crippen molar-refractivity contribution in [1.29, 1.82) is 0 Å². The van der Waals surface area contributed by atoms with Gasteiger partial charge in [0, 0.05) is 0 Å². The average Bonchev–Trinajstić information content (AvgIpc) is 2.74. The average molecular weight is 286 g/mol. The van der Waals surface area contributed by atoms with Crippen molar-refractivity contribution in [2.45, 2.75) is 18.6 Å². The topological polar surface area (TPSA) is 87.6 Å². The molecule has 1 aromatic heterocycles. The number of hydrogen-bond donors (Lipinski definition) is 1. The predicted octanol–water partition coefficient (Wildman–Crippen LogP) is -0.0581. The second-order valence-electron chi connectivity index (χ2n) is 4.05. The van der Waals surface area contributed by atoms with E-state index in [4.69, 9.17) is 5.11 Å². The van der Waals surface area contributed by atoms with E-state index in [1.165, 1.54) is 20.0 Å². The van der Waals surface area contributed by atoms with Crippen LogP contribution in [0.2, 0.25) is 0 Å². The Balaban J connectivity index is 2.35. The lowest BCUT2D eigenvalue weighted by Gasteiger charge is -2.41. The van der Waals surface area contributed by atoms with Gasteiger partial charge in [0.05, 0.1) is 11.1 Å². The van der Waals surface area contributed by atoms with E-state index >= 15 is 0 Å². The molecule has 18 heavy (non-hydrogen) atoms. The van der Waals surface area contributed by atoms with Crippen LogP contribution in [0.3, 0.4) is 0 Å². The van der Waals surface area contributed by atoms with Crippen molar-refractivity contribution in [3.63, 3.8) is 0 Å². The minimum Gasteiger partial charge on any atom is -0.384 e. The van der Waals surface area contributed by atoms with Crippen LogP contribution in [-0.2, 0) is 14.8 Å². The lowest BCUT2D eigenvalue weighted by atomic mass is 10.2. The predicted molar refractivity (Wildman–Crippen MR) is 66.6 cm³/mol. The summed E-state index contributed by atoms with van der Waals surface area (Å²) < 4.78 is 23.1. The highest BCUT2D eigenvalue weighted by molar-refractivity contribution is 7.98. The van der Waals surface area contributed by atoms with Crippen molar-refractivity contribution in [3.8, 4) is 11.8 Å². The number of nitrogens with zero attached hydrogens (tertiary/aromatic N) is 2. The van der Waals surface area contributed by atoms with Crippen LogP contribution in [0.25, 0.3) is 0 Å². The summed E-state index contributed by atoms with van der Waals surface area (Å²) in [5.74, 6) is 4.53. The number of aromatic nitrogens is 1. The summed E-state index contributed by atoms with van der Waals surface area (Å²) in [5, 5.41) is 8.63. The Morgan fingerprint density at radius 2 is 2.22 bits per heavy atom. The molecular formula is C10H10N2O4S2. The number of thiazole rings is 1. The highest BCUT2D eigenvalue weighted by atomic mass is 32.2. The van der Waals surface area contributed by atoms with E-state index in [1.54, 1.807) is 0 Å². The molecule has 2 rings (SSSR count). The Hall–Kier alpha value is -1.43. The maximum atomic E-state index is 11.9. The number of sulfonamides is 1. The zero-order chi connectivity index (χ0) is 13.6. The van der Waals surface area contributed by atoms with Gasteiger partial charge in [-0.3, -0.25) is 4.79 Å². The van der Waals surface area contributed by atoms with Crippen molar-refractivity contribution < 1.29 is 18.3 Å². The first-order chi connectivity index (χ1) is 8.32. The summed E-state index contributed by atoms with van der Waals surface area (Å²) >= 11 is 0.994. The Bertz CT molecular complexity index is 664. The monoisotopic (exact) mass is 286 g/mol. The number of carbonyl (C=O) groups is 1. The van der Waals surface area contributed by atoms with Crippen molar-refractivity contribution >= 4 is 32.4 Å². The maximum Gasteiger partial charge on any atom is 0.265 e. The third-order valence-corrected chi connectivity index (χ3v) is 5.84. The number of hydrogen-bond acceptors (Lipinski definition) is 6. The van der Waals surface area contributed by atoms with Gasteiger partial charge in [-0.25, -0.2) is 13.4 Å². The summed E-state index contributed by atoms with van der Waals surface area (Å²) in [5.41, 5.74) is 0. The van der Waals surface area contributed by atoms with E-state index in [9.17, 15) is 13.2 Å². The molecule has 0 atom stereocenters. The van der Waals surface area contributed by atoms with Gasteiger partial charge in [0.25, 0.3) is 15.9 Å². The zero-order valence-electron chi connectivity index (χ0n) is 9.67. The molecule has 0 spiro atoms. The molecule has 0 bridgehead atoms. The van der Waals surface area contributed by atoms with Gasteiger partial charge in [-0.15, -0.1) is 0 Å². The van der Waals surface area contributed by atoms with Gasteiger partial charge < -0.3 is 5.11 Å². The second-order valence-corrected chi connectivity index (χ2v) is 7.40. The number of aliphatic hydroxyl groups excluding tert-OH is 1. The molecule has 0 radical (unpaired) electrons. The molecule has 1 aromatic rings. The van der Waals surface area contributed by atoms with E-state index in [-0.39, 0.29) is 11.7 Å². The van der Waals surface area contributed by atoms with E-state index in [0.29, 0.717) is 9.18 Å². The molecule has 1 fully saturated rings. The quantitative estimate of drug-likeness (QED) is 0.731. The first kappa shape index (κ1) is 13.0.